The van der Waals surface area contributed by atoms with Crippen molar-refractivity contribution < 1.29 is 31.4 Å². The van der Waals surface area contributed by atoms with Gasteiger partial charge in [0.2, 0.25) is 0 Å². The number of para-hydroxylation sites is 1. The molecule has 0 radical (unpaired) electrons. The molecule has 0 saturated heterocycles. The fourth-order valence-corrected chi connectivity index (χ4v) is 1.71. The first kappa shape index (κ1) is 15.4. The smallest absolute Gasteiger partial charge is 0.379 e. The van der Waals surface area contributed by atoms with Crippen LogP contribution in [0, 0.1) is 0 Å². The molecule has 1 aromatic carbocycles. The third-order valence-corrected chi connectivity index (χ3v) is 2.67. The van der Waals surface area contributed by atoms with Crippen LogP contribution in [0.25, 0.3) is 5.69 Å². The maximum atomic E-state index is 12.6. The second kappa shape index (κ2) is 5.06. The number of rotatable bonds is 2. The summed E-state index contributed by atoms with van der Waals surface area (Å²) in [6, 6.07) is 5.31. The normalized spacial score (nSPS) is 14.2. The monoisotopic (exact) mass is 310 g/mol. The van der Waals surface area contributed by atoms with Crippen LogP contribution in [0.4, 0.5) is 26.3 Å². The summed E-state index contributed by atoms with van der Waals surface area (Å²) in [5.41, 5.74) is -2.10. The van der Waals surface area contributed by atoms with Crippen molar-refractivity contribution in [1.82, 2.24) is 9.78 Å². The van der Waals surface area contributed by atoms with Crippen molar-refractivity contribution in [2.45, 2.75) is 18.5 Å². The van der Waals surface area contributed by atoms with Crippen LogP contribution in [-0.2, 0) is 6.18 Å². The zero-order chi connectivity index (χ0) is 15.8. The molecule has 0 amide bonds. The summed E-state index contributed by atoms with van der Waals surface area (Å²) >= 11 is 0. The Morgan fingerprint density at radius 3 is 2.14 bits per heavy atom. The van der Waals surface area contributed by atoms with Gasteiger partial charge in [-0.15, -0.1) is 0 Å². The van der Waals surface area contributed by atoms with E-state index in [2.05, 4.69) is 5.10 Å². The Labute approximate surface area is 114 Å². The lowest BCUT2D eigenvalue weighted by atomic mass is 10.1. The quantitative estimate of drug-likeness (QED) is 0.862. The van der Waals surface area contributed by atoms with Gasteiger partial charge in [0.05, 0.1) is 5.69 Å². The molecule has 114 valence electrons. The number of aliphatic hydroxyl groups excluding tert-OH is 1. The molecule has 0 saturated carbocycles. The van der Waals surface area contributed by atoms with Crippen molar-refractivity contribution in [3.05, 3.63) is 47.8 Å². The van der Waals surface area contributed by atoms with Gasteiger partial charge in [-0.3, -0.25) is 0 Å². The van der Waals surface area contributed by atoms with E-state index in [0.29, 0.717) is 10.7 Å². The molecule has 2 aromatic rings. The van der Waals surface area contributed by atoms with Gasteiger partial charge in [-0.1, -0.05) is 18.2 Å². The first-order valence-electron chi connectivity index (χ1n) is 5.57. The molecule has 1 N–H and O–H groups in total. The molecule has 0 spiro atoms. The van der Waals surface area contributed by atoms with Gasteiger partial charge < -0.3 is 5.11 Å². The first-order valence-corrected chi connectivity index (χ1v) is 5.57. The molecule has 0 bridgehead atoms. The second-order valence-electron chi connectivity index (χ2n) is 4.15. The zero-order valence-corrected chi connectivity index (χ0v) is 10.2. The summed E-state index contributed by atoms with van der Waals surface area (Å²) in [6.07, 6.45) is -11.6. The third-order valence-electron chi connectivity index (χ3n) is 2.67. The summed E-state index contributed by atoms with van der Waals surface area (Å²) in [6.45, 7) is 0. The molecule has 1 aromatic heterocycles. The maximum Gasteiger partial charge on any atom is 0.435 e. The molecule has 0 aliphatic heterocycles. The molecule has 2 rings (SSSR count). The number of hydrogen-bond donors (Lipinski definition) is 1. The summed E-state index contributed by atoms with van der Waals surface area (Å²) in [5.74, 6) is 0. The fourth-order valence-electron chi connectivity index (χ4n) is 1.71. The van der Waals surface area contributed by atoms with Crippen molar-refractivity contribution in [2.24, 2.45) is 0 Å². The fraction of sp³-hybridized carbons (Fsp3) is 0.250. The van der Waals surface area contributed by atoms with E-state index in [0.717, 1.165) is 18.3 Å². The molecular weight excluding hydrogens is 302 g/mol. The largest absolute Gasteiger partial charge is 0.435 e. The Bertz CT molecular complexity index is 631. The number of benzene rings is 1. The molecule has 3 nitrogen and oxygen atoms in total. The van der Waals surface area contributed by atoms with E-state index in [1.807, 2.05) is 0 Å². The van der Waals surface area contributed by atoms with Gasteiger partial charge in [0.25, 0.3) is 0 Å². The maximum absolute atomic E-state index is 12.6. The predicted molar refractivity (Wildman–Crippen MR) is 59.6 cm³/mol. The van der Waals surface area contributed by atoms with Gasteiger partial charge in [0.15, 0.2) is 11.8 Å². The van der Waals surface area contributed by atoms with E-state index < -0.39 is 29.7 Å². The molecule has 1 unspecified atom stereocenters. The van der Waals surface area contributed by atoms with E-state index in [1.165, 1.54) is 12.1 Å². The first-order chi connectivity index (χ1) is 9.60. The van der Waals surface area contributed by atoms with Crippen LogP contribution in [-0.4, -0.2) is 21.1 Å². The summed E-state index contributed by atoms with van der Waals surface area (Å²) in [7, 11) is 0. The summed E-state index contributed by atoms with van der Waals surface area (Å²) < 4.78 is 75.7. The summed E-state index contributed by atoms with van der Waals surface area (Å²) in [4.78, 5) is 0. The molecule has 0 fully saturated rings. The standard InChI is InChI=1S/C12H8F6N2O/c13-11(14,15)9-5-6-20(19-9)8-4-2-1-3-7(8)10(21)12(16,17)18/h1-6,10,21H. The minimum atomic E-state index is -4.93. The van der Waals surface area contributed by atoms with Gasteiger partial charge in [-0.25, -0.2) is 4.68 Å². The number of alkyl halides is 6. The summed E-state index contributed by atoms with van der Waals surface area (Å²) in [5, 5.41) is 12.5. The lowest BCUT2D eigenvalue weighted by Crippen LogP contribution is -2.22. The minimum Gasteiger partial charge on any atom is -0.379 e. The number of halogens is 6. The number of nitrogens with zero attached hydrogens (tertiary/aromatic N) is 2. The van der Waals surface area contributed by atoms with Crippen molar-refractivity contribution >= 4 is 0 Å². The molecule has 21 heavy (non-hydrogen) atoms. The SMILES string of the molecule is OC(c1ccccc1-n1ccc(C(F)(F)F)n1)C(F)(F)F. The van der Waals surface area contributed by atoms with Gasteiger partial charge in [-0.05, 0) is 12.1 Å². The van der Waals surface area contributed by atoms with E-state index in [1.54, 1.807) is 0 Å². The average molecular weight is 310 g/mol. The predicted octanol–water partition coefficient (Wildman–Crippen LogP) is 3.49. The average Bonchev–Trinajstić information content (AvgIpc) is 2.86. The van der Waals surface area contributed by atoms with Crippen LogP contribution in [0.15, 0.2) is 36.5 Å². The van der Waals surface area contributed by atoms with Crippen LogP contribution in [0.2, 0.25) is 0 Å². The Balaban J connectivity index is 2.48. The van der Waals surface area contributed by atoms with E-state index >= 15 is 0 Å². The Morgan fingerprint density at radius 2 is 1.62 bits per heavy atom. The van der Waals surface area contributed by atoms with Gasteiger partial charge in [0.1, 0.15) is 0 Å². The molecule has 9 heteroatoms. The van der Waals surface area contributed by atoms with Crippen LogP contribution in [0.1, 0.15) is 17.4 Å². The second-order valence-corrected chi connectivity index (χ2v) is 4.15. The molecule has 0 aliphatic carbocycles. The van der Waals surface area contributed by atoms with Crippen LogP contribution in [0.5, 0.6) is 0 Å². The molecular formula is C12H8F6N2O. The van der Waals surface area contributed by atoms with Crippen molar-refractivity contribution in [1.29, 1.82) is 0 Å². The lowest BCUT2D eigenvalue weighted by Gasteiger charge is -2.18. The highest BCUT2D eigenvalue weighted by atomic mass is 19.4. The highest BCUT2D eigenvalue weighted by Gasteiger charge is 2.41. The van der Waals surface area contributed by atoms with E-state index in [-0.39, 0.29) is 5.69 Å². The third kappa shape index (κ3) is 3.18. The highest BCUT2D eigenvalue weighted by molar-refractivity contribution is 5.42. The van der Waals surface area contributed by atoms with Gasteiger partial charge >= 0.3 is 12.4 Å². The molecule has 1 heterocycles. The van der Waals surface area contributed by atoms with Crippen LogP contribution < -0.4 is 0 Å². The van der Waals surface area contributed by atoms with Crippen molar-refractivity contribution in [3.63, 3.8) is 0 Å². The Morgan fingerprint density at radius 1 is 1.00 bits per heavy atom. The Kier molecular flexibility index (Phi) is 3.70. The minimum absolute atomic E-state index is 0.280. The Hall–Kier alpha value is -2.03. The lowest BCUT2D eigenvalue weighted by molar-refractivity contribution is -0.206. The van der Waals surface area contributed by atoms with Crippen LogP contribution >= 0.6 is 0 Å². The van der Waals surface area contributed by atoms with Crippen molar-refractivity contribution in [2.75, 3.05) is 0 Å². The molecule has 1 atom stereocenters. The number of hydrogen-bond acceptors (Lipinski definition) is 2. The highest BCUT2D eigenvalue weighted by Crippen LogP contribution is 2.35. The number of aromatic nitrogens is 2. The van der Waals surface area contributed by atoms with Crippen LogP contribution in [0.3, 0.4) is 0 Å². The van der Waals surface area contributed by atoms with E-state index in [9.17, 15) is 31.4 Å². The van der Waals surface area contributed by atoms with Crippen molar-refractivity contribution in [3.8, 4) is 5.69 Å². The number of aliphatic hydroxyl groups is 1. The zero-order valence-electron chi connectivity index (χ0n) is 10.2. The van der Waals surface area contributed by atoms with E-state index in [4.69, 9.17) is 0 Å². The van der Waals surface area contributed by atoms with Gasteiger partial charge in [0, 0.05) is 11.8 Å². The molecule has 0 aliphatic rings. The van der Waals surface area contributed by atoms with Gasteiger partial charge in [-0.2, -0.15) is 31.4 Å². The topological polar surface area (TPSA) is 38.0 Å².